The fourth-order valence-corrected chi connectivity index (χ4v) is 2.47. The van der Waals surface area contributed by atoms with Crippen LogP contribution in [0, 0.1) is 0 Å². The van der Waals surface area contributed by atoms with Crippen molar-refractivity contribution in [3.05, 3.63) is 17.8 Å². The van der Waals surface area contributed by atoms with Crippen molar-refractivity contribution in [2.75, 3.05) is 5.32 Å². The highest BCUT2D eigenvalue weighted by Gasteiger charge is 2.18. The Bertz CT molecular complexity index is 541. The summed E-state index contributed by atoms with van der Waals surface area (Å²) in [5, 5.41) is 15.0. The fourth-order valence-electron chi connectivity index (χ4n) is 1.74. The van der Waals surface area contributed by atoms with Crippen LogP contribution in [0.5, 0.6) is 0 Å². The first-order valence-corrected chi connectivity index (χ1v) is 6.78. The maximum Gasteiger partial charge on any atom is 0.326 e. The smallest absolute Gasteiger partial charge is 0.326 e. The van der Waals surface area contributed by atoms with E-state index in [1.165, 1.54) is 17.7 Å². The van der Waals surface area contributed by atoms with E-state index >= 15 is 0 Å². The number of carboxylic acids is 1. The van der Waals surface area contributed by atoms with Crippen LogP contribution >= 0.6 is 11.3 Å². The molecular formula is C12H15N3O2S. The topological polar surface area (TPSA) is 75.1 Å². The molecule has 0 amide bonds. The lowest BCUT2D eigenvalue weighted by Crippen LogP contribution is -2.29. The van der Waals surface area contributed by atoms with Crippen molar-refractivity contribution in [1.29, 1.82) is 0 Å². The summed E-state index contributed by atoms with van der Waals surface area (Å²) in [4.78, 5) is 20.3. The molecule has 2 heterocycles. The van der Waals surface area contributed by atoms with Crippen LogP contribution in [0.15, 0.2) is 17.8 Å². The first-order valence-electron chi connectivity index (χ1n) is 5.90. The second-order valence-corrected chi connectivity index (χ2v) is 4.93. The number of unbranched alkanes of at least 4 members (excludes halogenated alkanes) is 1. The normalized spacial score (nSPS) is 12.5. The Labute approximate surface area is 109 Å². The molecule has 96 valence electrons. The second-order valence-electron chi connectivity index (χ2n) is 4.04. The van der Waals surface area contributed by atoms with E-state index in [4.69, 9.17) is 0 Å². The maximum atomic E-state index is 11.2. The van der Waals surface area contributed by atoms with E-state index in [1.54, 1.807) is 0 Å². The fraction of sp³-hybridized carbons (Fsp3) is 0.417. The molecule has 2 aromatic heterocycles. The van der Waals surface area contributed by atoms with Crippen LogP contribution in [0.25, 0.3) is 10.2 Å². The zero-order chi connectivity index (χ0) is 13.0. The van der Waals surface area contributed by atoms with Crippen LogP contribution in [0.2, 0.25) is 0 Å². The molecule has 0 aromatic carbocycles. The Morgan fingerprint density at radius 3 is 3.11 bits per heavy atom. The molecule has 1 unspecified atom stereocenters. The van der Waals surface area contributed by atoms with Gasteiger partial charge in [-0.3, -0.25) is 0 Å². The highest BCUT2D eigenvalue weighted by atomic mass is 32.1. The van der Waals surface area contributed by atoms with Gasteiger partial charge in [-0.2, -0.15) is 0 Å². The largest absolute Gasteiger partial charge is 0.480 e. The number of carboxylic acid groups (broad SMARTS) is 1. The summed E-state index contributed by atoms with van der Waals surface area (Å²) in [7, 11) is 0. The predicted octanol–water partition coefficient (Wildman–Crippen LogP) is 2.75. The van der Waals surface area contributed by atoms with Crippen molar-refractivity contribution in [2.24, 2.45) is 0 Å². The molecule has 0 aliphatic carbocycles. The van der Waals surface area contributed by atoms with Gasteiger partial charge in [-0.1, -0.05) is 19.8 Å². The molecule has 0 fully saturated rings. The number of rotatable bonds is 6. The van der Waals surface area contributed by atoms with Crippen LogP contribution in [-0.2, 0) is 4.79 Å². The number of nitrogens with zero attached hydrogens (tertiary/aromatic N) is 2. The van der Waals surface area contributed by atoms with E-state index in [0.717, 1.165) is 23.1 Å². The highest BCUT2D eigenvalue weighted by Crippen LogP contribution is 2.24. The van der Waals surface area contributed by atoms with Crippen LogP contribution in [0.1, 0.15) is 26.2 Å². The summed E-state index contributed by atoms with van der Waals surface area (Å²) in [5.74, 6) is -0.241. The van der Waals surface area contributed by atoms with Gasteiger partial charge in [0, 0.05) is 0 Å². The zero-order valence-corrected chi connectivity index (χ0v) is 10.9. The number of hydrogen-bond donors (Lipinski definition) is 2. The van der Waals surface area contributed by atoms with E-state index in [-0.39, 0.29) is 0 Å². The molecule has 0 bridgehead atoms. The third kappa shape index (κ3) is 2.76. The Balaban J connectivity index is 2.20. The highest BCUT2D eigenvalue weighted by molar-refractivity contribution is 7.16. The van der Waals surface area contributed by atoms with Gasteiger partial charge in [-0.25, -0.2) is 14.8 Å². The standard InChI is InChI=1S/C12H15N3O2S/c1-2-3-4-9(12(16)17)15-10-8-5-6-18-11(8)14-7-13-10/h5-7,9H,2-4H2,1H3,(H,16,17)(H,13,14,15). The van der Waals surface area contributed by atoms with Crippen molar-refractivity contribution in [1.82, 2.24) is 9.97 Å². The van der Waals surface area contributed by atoms with Crippen LogP contribution < -0.4 is 5.32 Å². The Kier molecular flexibility index (Phi) is 4.09. The van der Waals surface area contributed by atoms with Gasteiger partial charge < -0.3 is 10.4 Å². The van der Waals surface area contributed by atoms with Crippen LogP contribution in [0.3, 0.4) is 0 Å². The van der Waals surface area contributed by atoms with Crippen LogP contribution in [-0.4, -0.2) is 27.1 Å². The number of hydrogen-bond acceptors (Lipinski definition) is 5. The molecule has 5 nitrogen and oxygen atoms in total. The first-order chi connectivity index (χ1) is 8.72. The minimum absolute atomic E-state index is 0.594. The molecule has 2 rings (SSSR count). The number of thiophene rings is 1. The van der Waals surface area contributed by atoms with Gasteiger partial charge in [0.2, 0.25) is 0 Å². The molecule has 0 saturated carbocycles. The van der Waals surface area contributed by atoms with E-state index in [1.807, 2.05) is 18.4 Å². The lowest BCUT2D eigenvalue weighted by Gasteiger charge is -2.14. The lowest BCUT2D eigenvalue weighted by atomic mass is 10.1. The van der Waals surface area contributed by atoms with E-state index in [0.29, 0.717) is 12.2 Å². The molecule has 1 atom stereocenters. The van der Waals surface area contributed by atoms with Crippen molar-refractivity contribution >= 4 is 33.3 Å². The maximum absolute atomic E-state index is 11.2. The molecule has 2 aromatic rings. The van der Waals surface area contributed by atoms with E-state index in [9.17, 15) is 9.90 Å². The number of aromatic nitrogens is 2. The van der Waals surface area contributed by atoms with Gasteiger partial charge in [0.05, 0.1) is 5.39 Å². The van der Waals surface area contributed by atoms with Gasteiger partial charge in [-0.05, 0) is 17.9 Å². The average molecular weight is 265 g/mol. The summed E-state index contributed by atoms with van der Waals surface area (Å²) in [6, 6.07) is 1.31. The van der Waals surface area contributed by atoms with E-state index < -0.39 is 12.0 Å². The predicted molar refractivity (Wildman–Crippen MR) is 72.0 cm³/mol. The molecule has 0 radical (unpaired) electrons. The van der Waals surface area contributed by atoms with Gasteiger partial charge in [0.15, 0.2) is 0 Å². The minimum Gasteiger partial charge on any atom is -0.480 e. The molecule has 0 aliphatic heterocycles. The number of anilines is 1. The SMILES string of the molecule is CCCCC(Nc1ncnc2sccc12)C(=O)O. The van der Waals surface area contributed by atoms with Crippen molar-refractivity contribution < 1.29 is 9.90 Å². The third-order valence-electron chi connectivity index (χ3n) is 2.72. The molecule has 6 heteroatoms. The summed E-state index contributed by atoms with van der Waals surface area (Å²) >= 11 is 1.52. The summed E-state index contributed by atoms with van der Waals surface area (Å²) < 4.78 is 0. The average Bonchev–Trinajstić information content (AvgIpc) is 2.83. The van der Waals surface area contributed by atoms with Gasteiger partial charge in [0.25, 0.3) is 0 Å². The van der Waals surface area contributed by atoms with E-state index in [2.05, 4.69) is 15.3 Å². The first kappa shape index (κ1) is 12.8. The second kappa shape index (κ2) is 5.77. The van der Waals surface area contributed by atoms with Gasteiger partial charge in [-0.15, -0.1) is 11.3 Å². The Hall–Kier alpha value is -1.69. The number of fused-ring (bicyclic) bond motifs is 1. The Morgan fingerprint density at radius 1 is 1.56 bits per heavy atom. The number of carbonyl (C=O) groups is 1. The molecule has 18 heavy (non-hydrogen) atoms. The Morgan fingerprint density at radius 2 is 2.39 bits per heavy atom. The number of aliphatic carboxylic acids is 1. The summed E-state index contributed by atoms with van der Waals surface area (Å²) in [6.45, 7) is 2.04. The molecule has 0 saturated heterocycles. The quantitative estimate of drug-likeness (QED) is 0.840. The van der Waals surface area contributed by atoms with Crippen molar-refractivity contribution in [3.8, 4) is 0 Å². The molecule has 0 spiro atoms. The molecule has 2 N–H and O–H groups in total. The minimum atomic E-state index is -0.842. The zero-order valence-electron chi connectivity index (χ0n) is 10.1. The molecule has 0 aliphatic rings. The third-order valence-corrected chi connectivity index (χ3v) is 3.54. The van der Waals surface area contributed by atoms with Gasteiger partial charge >= 0.3 is 5.97 Å². The summed E-state index contributed by atoms with van der Waals surface area (Å²) in [5.41, 5.74) is 0. The van der Waals surface area contributed by atoms with Gasteiger partial charge in [0.1, 0.15) is 23.0 Å². The monoisotopic (exact) mass is 265 g/mol. The molecular weight excluding hydrogens is 250 g/mol. The number of nitrogens with one attached hydrogen (secondary N) is 1. The van der Waals surface area contributed by atoms with Crippen molar-refractivity contribution in [2.45, 2.75) is 32.2 Å². The van der Waals surface area contributed by atoms with Crippen LogP contribution in [0.4, 0.5) is 5.82 Å². The lowest BCUT2D eigenvalue weighted by molar-refractivity contribution is -0.138. The summed E-state index contributed by atoms with van der Waals surface area (Å²) in [6.07, 6.45) is 3.91. The van der Waals surface area contributed by atoms with Crippen molar-refractivity contribution in [3.63, 3.8) is 0 Å².